The van der Waals surface area contributed by atoms with Crippen LogP contribution in [0, 0.1) is 22.7 Å². The molecule has 0 amide bonds. The molecule has 1 rings (SSSR count). The van der Waals surface area contributed by atoms with E-state index in [-0.39, 0.29) is 6.42 Å². The van der Waals surface area contributed by atoms with Crippen molar-refractivity contribution in [3.63, 3.8) is 0 Å². The number of rotatable bonds is 4. The third-order valence-corrected chi connectivity index (χ3v) is 2.26. The number of hydrogen-bond donors (Lipinski definition) is 0. The number of hydrogen-bond acceptors (Lipinski definition) is 4. The first-order valence-electron chi connectivity index (χ1n) is 4.75. The maximum atomic E-state index is 8.93. The van der Waals surface area contributed by atoms with Gasteiger partial charge < -0.3 is 9.47 Å². The molecule has 1 aromatic carbocycles. The minimum absolute atomic E-state index is 0.173. The van der Waals surface area contributed by atoms with Gasteiger partial charge in [-0.25, -0.2) is 0 Å². The molecular formula is C12H12N2O2. The lowest BCUT2D eigenvalue weighted by Gasteiger charge is -2.11. The van der Waals surface area contributed by atoms with E-state index in [1.807, 2.05) is 6.07 Å². The van der Waals surface area contributed by atoms with Crippen molar-refractivity contribution in [3.05, 3.63) is 23.8 Å². The van der Waals surface area contributed by atoms with E-state index in [4.69, 9.17) is 20.0 Å². The van der Waals surface area contributed by atoms with Crippen molar-refractivity contribution in [3.8, 4) is 23.6 Å². The Hall–Kier alpha value is -2.20. The lowest BCUT2D eigenvalue weighted by atomic mass is 9.97. The van der Waals surface area contributed by atoms with Crippen molar-refractivity contribution >= 4 is 0 Å². The van der Waals surface area contributed by atoms with Crippen molar-refractivity contribution < 1.29 is 9.47 Å². The summed E-state index contributed by atoms with van der Waals surface area (Å²) in [4.78, 5) is 0. The summed E-state index contributed by atoms with van der Waals surface area (Å²) in [5.74, 6) is 0.753. The van der Waals surface area contributed by atoms with Crippen molar-refractivity contribution in [1.82, 2.24) is 0 Å². The van der Waals surface area contributed by atoms with Crippen LogP contribution in [0.15, 0.2) is 18.2 Å². The van der Waals surface area contributed by atoms with E-state index in [0.29, 0.717) is 11.5 Å². The van der Waals surface area contributed by atoms with E-state index < -0.39 is 5.92 Å². The van der Waals surface area contributed by atoms with Crippen LogP contribution in [0.2, 0.25) is 0 Å². The fourth-order valence-electron chi connectivity index (χ4n) is 1.40. The number of ether oxygens (including phenoxy) is 2. The predicted molar refractivity (Wildman–Crippen MR) is 58.1 cm³/mol. The maximum absolute atomic E-state index is 8.93. The van der Waals surface area contributed by atoms with E-state index in [1.54, 1.807) is 25.3 Å². The Balaban J connectivity index is 3.08. The van der Waals surface area contributed by atoms with Gasteiger partial charge in [-0.15, -0.1) is 0 Å². The Morgan fingerprint density at radius 1 is 1.19 bits per heavy atom. The molecule has 0 fully saturated rings. The van der Waals surface area contributed by atoms with Crippen LogP contribution in [0.1, 0.15) is 17.9 Å². The Morgan fingerprint density at radius 2 is 1.88 bits per heavy atom. The van der Waals surface area contributed by atoms with Gasteiger partial charge in [0.15, 0.2) is 11.5 Å². The smallest absolute Gasteiger partial charge is 0.161 e. The molecule has 82 valence electrons. The van der Waals surface area contributed by atoms with Gasteiger partial charge in [0.1, 0.15) is 0 Å². The molecule has 0 saturated carbocycles. The van der Waals surface area contributed by atoms with Crippen LogP contribution in [-0.2, 0) is 0 Å². The van der Waals surface area contributed by atoms with Gasteiger partial charge >= 0.3 is 0 Å². The highest BCUT2D eigenvalue weighted by atomic mass is 16.5. The van der Waals surface area contributed by atoms with Gasteiger partial charge in [0, 0.05) is 0 Å². The van der Waals surface area contributed by atoms with Crippen molar-refractivity contribution in [2.45, 2.75) is 12.3 Å². The van der Waals surface area contributed by atoms with Crippen molar-refractivity contribution in [2.24, 2.45) is 0 Å². The lowest BCUT2D eigenvalue weighted by molar-refractivity contribution is 0.354. The van der Waals surface area contributed by atoms with E-state index in [9.17, 15) is 0 Å². The number of nitriles is 2. The molecule has 0 N–H and O–H groups in total. The second-order valence-electron chi connectivity index (χ2n) is 3.16. The van der Waals surface area contributed by atoms with Crippen LogP contribution in [0.25, 0.3) is 0 Å². The van der Waals surface area contributed by atoms with Crippen LogP contribution in [0.4, 0.5) is 0 Å². The summed E-state index contributed by atoms with van der Waals surface area (Å²) >= 11 is 0. The largest absolute Gasteiger partial charge is 0.493 e. The van der Waals surface area contributed by atoms with Gasteiger partial charge in [0.05, 0.1) is 38.7 Å². The average Bonchev–Trinajstić information content (AvgIpc) is 2.35. The van der Waals surface area contributed by atoms with Gasteiger partial charge in [-0.05, 0) is 17.7 Å². The number of nitrogens with zero attached hydrogens (tertiary/aromatic N) is 2. The first-order chi connectivity index (χ1) is 7.76. The fraction of sp³-hybridized carbons (Fsp3) is 0.333. The van der Waals surface area contributed by atoms with E-state index in [0.717, 1.165) is 5.56 Å². The zero-order valence-corrected chi connectivity index (χ0v) is 9.23. The molecule has 16 heavy (non-hydrogen) atoms. The molecule has 4 nitrogen and oxygen atoms in total. The van der Waals surface area contributed by atoms with Crippen LogP contribution in [0.5, 0.6) is 11.5 Å². The summed E-state index contributed by atoms with van der Waals surface area (Å²) in [6, 6.07) is 9.31. The highest BCUT2D eigenvalue weighted by molar-refractivity contribution is 5.45. The summed E-state index contributed by atoms with van der Waals surface area (Å²) in [7, 11) is 3.09. The molecule has 1 aromatic rings. The topological polar surface area (TPSA) is 66.0 Å². The third kappa shape index (κ3) is 2.43. The Kier molecular flexibility index (Phi) is 4.17. The SMILES string of the molecule is COc1ccc([C@@H](C#N)CC#N)cc1OC. The lowest BCUT2D eigenvalue weighted by Crippen LogP contribution is -1.97. The molecule has 0 aliphatic carbocycles. The third-order valence-electron chi connectivity index (χ3n) is 2.26. The number of methoxy groups -OCH3 is 2. The minimum Gasteiger partial charge on any atom is -0.493 e. The van der Waals surface area contributed by atoms with Crippen LogP contribution < -0.4 is 9.47 Å². The quantitative estimate of drug-likeness (QED) is 0.774. The first kappa shape index (κ1) is 11.9. The Bertz CT molecular complexity index is 443. The van der Waals surface area contributed by atoms with Gasteiger partial charge in [0.25, 0.3) is 0 Å². The summed E-state index contributed by atoms with van der Waals surface area (Å²) in [6.45, 7) is 0. The van der Waals surface area contributed by atoms with Gasteiger partial charge in [-0.2, -0.15) is 10.5 Å². The second kappa shape index (κ2) is 5.63. The molecule has 0 heterocycles. The monoisotopic (exact) mass is 216 g/mol. The number of benzene rings is 1. The Labute approximate surface area is 94.6 Å². The fourth-order valence-corrected chi connectivity index (χ4v) is 1.40. The van der Waals surface area contributed by atoms with Gasteiger partial charge in [0.2, 0.25) is 0 Å². The minimum atomic E-state index is -0.426. The van der Waals surface area contributed by atoms with Crippen molar-refractivity contribution in [1.29, 1.82) is 10.5 Å². The summed E-state index contributed by atoms with van der Waals surface area (Å²) in [5.41, 5.74) is 0.765. The zero-order chi connectivity index (χ0) is 12.0. The molecule has 1 atom stereocenters. The first-order valence-corrected chi connectivity index (χ1v) is 4.75. The van der Waals surface area contributed by atoms with Gasteiger partial charge in [-0.3, -0.25) is 0 Å². The average molecular weight is 216 g/mol. The molecule has 0 unspecified atom stereocenters. The second-order valence-corrected chi connectivity index (χ2v) is 3.16. The van der Waals surface area contributed by atoms with Crippen LogP contribution in [0.3, 0.4) is 0 Å². The van der Waals surface area contributed by atoms with Crippen LogP contribution in [-0.4, -0.2) is 14.2 Å². The zero-order valence-electron chi connectivity index (χ0n) is 9.23. The highest BCUT2D eigenvalue weighted by Crippen LogP contribution is 2.31. The summed E-state index contributed by atoms with van der Waals surface area (Å²) in [5, 5.41) is 17.5. The molecule has 4 heteroatoms. The van der Waals surface area contributed by atoms with E-state index >= 15 is 0 Å². The summed E-state index contributed by atoms with van der Waals surface area (Å²) in [6.07, 6.45) is 0.173. The molecule has 0 saturated heterocycles. The predicted octanol–water partition coefficient (Wildman–Crippen LogP) is 2.22. The molecule has 0 aromatic heterocycles. The molecule has 0 bridgehead atoms. The van der Waals surface area contributed by atoms with Gasteiger partial charge in [-0.1, -0.05) is 6.07 Å². The van der Waals surface area contributed by atoms with Crippen LogP contribution >= 0.6 is 0 Å². The molecule has 0 spiro atoms. The van der Waals surface area contributed by atoms with E-state index in [2.05, 4.69) is 6.07 Å². The maximum Gasteiger partial charge on any atom is 0.161 e. The van der Waals surface area contributed by atoms with E-state index in [1.165, 1.54) is 7.11 Å². The Morgan fingerprint density at radius 3 is 2.38 bits per heavy atom. The molecule has 0 aliphatic heterocycles. The molecule has 0 radical (unpaired) electrons. The normalized spacial score (nSPS) is 11.0. The molecule has 0 aliphatic rings. The summed E-state index contributed by atoms with van der Waals surface area (Å²) < 4.78 is 10.2. The van der Waals surface area contributed by atoms with Crippen molar-refractivity contribution in [2.75, 3.05) is 14.2 Å². The molecular weight excluding hydrogens is 204 g/mol. The standard InChI is InChI=1S/C12H12N2O2/c1-15-11-4-3-9(7-12(11)16-2)10(8-14)5-6-13/h3-4,7,10H,5H2,1-2H3/t10-/m1/s1. The highest BCUT2D eigenvalue weighted by Gasteiger charge is 2.13.